The maximum absolute atomic E-state index is 8.72. The van der Waals surface area contributed by atoms with E-state index in [9.17, 15) is 0 Å². The van der Waals surface area contributed by atoms with Gasteiger partial charge in [0.2, 0.25) is 5.71 Å². The molecule has 0 unspecified atom stereocenters. The van der Waals surface area contributed by atoms with Crippen LogP contribution in [0.4, 0.5) is 0 Å². The SMILES string of the molecule is [2H]C([2H])(c1sc2nc(-c3[c-]ccc4c3oc3nc(C)ccc34)ccc2c1C)C(C)(C)C.[Ir].[c-]1ccccc1-c1ccccn1. The first-order valence-corrected chi connectivity index (χ1v) is 14.4. The molecular weight excluding hydrogens is 715 g/mol. The van der Waals surface area contributed by atoms with E-state index in [-0.39, 0.29) is 20.1 Å². The first-order valence-electron chi connectivity index (χ1n) is 14.5. The molecule has 1 radical (unpaired) electrons. The predicted octanol–water partition coefficient (Wildman–Crippen LogP) is 9.81. The van der Waals surface area contributed by atoms with Gasteiger partial charge in [-0.15, -0.1) is 65.4 Å². The minimum Gasteiger partial charge on any atom is -0.486 e. The van der Waals surface area contributed by atoms with Crippen molar-refractivity contribution in [2.45, 2.75) is 41.0 Å². The molecule has 5 heterocycles. The molecule has 0 atom stereocenters. The van der Waals surface area contributed by atoms with Crippen LogP contribution in [0.25, 0.3) is 54.8 Å². The number of benzene rings is 2. The van der Waals surface area contributed by atoms with E-state index >= 15 is 0 Å². The van der Waals surface area contributed by atoms with Crippen LogP contribution in [0, 0.1) is 31.4 Å². The summed E-state index contributed by atoms with van der Waals surface area (Å²) >= 11 is 1.44. The van der Waals surface area contributed by atoms with Crippen LogP contribution in [0.1, 0.15) is 39.6 Å². The normalized spacial score (nSPS) is 12.4. The number of aryl methyl sites for hydroxylation is 2. The molecule has 7 rings (SSSR count). The van der Waals surface area contributed by atoms with Crippen molar-refractivity contribution in [3.05, 3.63) is 113 Å². The number of rotatable bonds is 3. The molecule has 4 nitrogen and oxygen atoms in total. The molecule has 0 spiro atoms. The van der Waals surface area contributed by atoms with Crippen LogP contribution < -0.4 is 0 Å². The molecule has 213 valence electrons. The third-order valence-corrected chi connectivity index (χ3v) is 7.75. The van der Waals surface area contributed by atoms with Gasteiger partial charge in [-0.3, -0.25) is 4.98 Å². The van der Waals surface area contributed by atoms with Crippen molar-refractivity contribution in [2.75, 3.05) is 0 Å². The molecule has 0 aliphatic rings. The summed E-state index contributed by atoms with van der Waals surface area (Å²) in [6, 6.07) is 32.0. The van der Waals surface area contributed by atoms with Gasteiger partial charge in [-0.25, -0.2) is 4.98 Å². The minimum absolute atomic E-state index is 0. The fourth-order valence-corrected chi connectivity index (χ4v) is 5.97. The average molecular weight is 748 g/mol. The molecule has 5 aromatic heterocycles. The van der Waals surface area contributed by atoms with Gasteiger partial charge in [0, 0.05) is 50.4 Å². The standard InChI is InChI=1S/C25H23N2OS.C11H8N.Ir/c1-14-9-10-18-17-7-6-8-19(22(17)28-23(18)26-14)20-12-11-16-15(2)21(13-25(3,4)5)29-24(16)27-20;1-2-6-10(7-3-1)11-8-4-5-9-12-11;/h6-7,9-12H,13H2,1-5H3;1-6,8-9H;/q2*-1;/i13D2;;. The molecule has 6 heteroatoms. The summed E-state index contributed by atoms with van der Waals surface area (Å²) in [7, 11) is 0. The predicted molar refractivity (Wildman–Crippen MR) is 170 cm³/mol. The summed E-state index contributed by atoms with van der Waals surface area (Å²) < 4.78 is 23.6. The molecule has 0 aliphatic heterocycles. The van der Waals surface area contributed by atoms with Gasteiger partial charge in [0.15, 0.2) is 0 Å². The van der Waals surface area contributed by atoms with Crippen LogP contribution in [0.5, 0.6) is 0 Å². The Morgan fingerprint density at radius 3 is 2.38 bits per heavy atom. The van der Waals surface area contributed by atoms with E-state index in [1.54, 1.807) is 6.20 Å². The smallest absolute Gasteiger partial charge is 0.216 e. The molecule has 0 amide bonds. The Morgan fingerprint density at radius 2 is 1.64 bits per heavy atom. The van der Waals surface area contributed by atoms with E-state index in [2.05, 4.69) is 22.1 Å². The number of nitrogens with zero attached hydrogens (tertiary/aromatic N) is 3. The van der Waals surface area contributed by atoms with Crippen LogP contribution in [0.2, 0.25) is 0 Å². The molecule has 42 heavy (non-hydrogen) atoms. The van der Waals surface area contributed by atoms with Gasteiger partial charge in [-0.05, 0) is 60.8 Å². The Bertz CT molecular complexity index is 2030. The third-order valence-electron chi connectivity index (χ3n) is 6.64. The van der Waals surface area contributed by atoms with Crippen molar-refractivity contribution in [2.24, 2.45) is 5.41 Å². The van der Waals surface area contributed by atoms with E-state index in [1.807, 2.05) is 113 Å². The molecular formula is C36H31IrN3OS-2. The Kier molecular flexibility index (Phi) is 7.93. The van der Waals surface area contributed by atoms with Crippen molar-refractivity contribution < 1.29 is 27.3 Å². The van der Waals surface area contributed by atoms with Crippen LogP contribution in [-0.4, -0.2) is 15.0 Å². The summed E-state index contributed by atoms with van der Waals surface area (Å²) in [4.78, 5) is 15.2. The van der Waals surface area contributed by atoms with Gasteiger partial charge in [0.05, 0.1) is 5.58 Å². The zero-order valence-corrected chi connectivity index (χ0v) is 27.3. The first kappa shape index (κ1) is 27.2. The summed E-state index contributed by atoms with van der Waals surface area (Å²) in [6.07, 6.45) is 0.340. The van der Waals surface area contributed by atoms with Gasteiger partial charge in [-0.2, -0.15) is 0 Å². The number of hydrogen-bond acceptors (Lipinski definition) is 5. The van der Waals surface area contributed by atoms with Gasteiger partial charge < -0.3 is 9.40 Å². The molecule has 7 aromatic rings. The number of aromatic nitrogens is 3. The van der Waals surface area contributed by atoms with Crippen molar-refractivity contribution >= 4 is 43.6 Å². The van der Waals surface area contributed by atoms with Crippen LogP contribution in [0.3, 0.4) is 0 Å². The zero-order valence-electron chi connectivity index (χ0n) is 26.1. The van der Waals surface area contributed by atoms with E-state index in [0.717, 1.165) is 65.2 Å². The van der Waals surface area contributed by atoms with Crippen molar-refractivity contribution in [1.82, 2.24) is 15.0 Å². The summed E-state index contributed by atoms with van der Waals surface area (Å²) in [6.45, 7) is 9.73. The van der Waals surface area contributed by atoms with E-state index in [0.29, 0.717) is 5.71 Å². The van der Waals surface area contributed by atoms with Gasteiger partial charge in [0.25, 0.3) is 0 Å². The second kappa shape index (κ2) is 12.3. The third kappa shape index (κ3) is 6.22. The first-order chi connectivity index (χ1) is 20.5. The van der Waals surface area contributed by atoms with Crippen LogP contribution in [0.15, 0.2) is 89.5 Å². The summed E-state index contributed by atoms with van der Waals surface area (Å²) in [5, 5.41) is 2.96. The number of thiophene rings is 1. The van der Waals surface area contributed by atoms with E-state index in [4.69, 9.17) is 12.1 Å². The molecule has 0 N–H and O–H groups in total. The summed E-state index contributed by atoms with van der Waals surface area (Å²) in [5.41, 5.74) is 6.26. The molecule has 2 aromatic carbocycles. The zero-order chi connectivity index (χ0) is 30.4. The van der Waals surface area contributed by atoms with Crippen molar-refractivity contribution in [1.29, 1.82) is 0 Å². The maximum atomic E-state index is 8.72. The Morgan fingerprint density at radius 1 is 0.833 bits per heavy atom. The molecule has 0 aliphatic carbocycles. The largest absolute Gasteiger partial charge is 0.486 e. The second-order valence-corrected chi connectivity index (χ2v) is 12.0. The van der Waals surface area contributed by atoms with E-state index in [1.165, 1.54) is 11.3 Å². The number of pyridine rings is 3. The molecule has 0 bridgehead atoms. The number of furan rings is 1. The molecule has 0 fully saturated rings. The Labute approximate surface area is 267 Å². The quantitative estimate of drug-likeness (QED) is 0.169. The van der Waals surface area contributed by atoms with Gasteiger partial charge in [-0.1, -0.05) is 56.0 Å². The Balaban J connectivity index is 0.000000248. The number of fused-ring (bicyclic) bond motifs is 4. The Hall–Kier alpha value is -3.70. The fraction of sp³-hybridized carbons (Fsp3) is 0.194. The monoisotopic (exact) mass is 748 g/mol. The average Bonchev–Trinajstić information content (AvgIpc) is 3.54. The fourth-order valence-electron chi connectivity index (χ4n) is 4.68. The second-order valence-electron chi connectivity index (χ2n) is 11.0. The maximum Gasteiger partial charge on any atom is 0.216 e. The van der Waals surface area contributed by atoms with Gasteiger partial charge >= 0.3 is 0 Å². The van der Waals surface area contributed by atoms with E-state index < -0.39 is 11.8 Å². The van der Waals surface area contributed by atoms with Crippen molar-refractivity contribution in [3.63, 3.8) is 0 Å². The molecule has 0 saturated carbocycles. The minimum atomic E-state index is -1.45. The van der Waals surface area contributed by atoms with Crippen LogP contribution >= 0.6 is 11.3 Å². The summed E-state index contributed by atoms with van der Waals surface area (Å²) in [5.74, 6) is 0. The van der Waals surface area contributed by atoms with Gasteiger partial charge in [0.1, 0.15) is 4.83 Å². The number of hydrogen-bond donors (Lipinski definition) is 0. The van der Waals surface area contributed by atoms with Crippen LogP contribution in [-0.2, 0) is 26.5 Å². The topological polar surface area (TPSA) is 51.8 Å². The molecule has 0 saturated heterocycles. The van der Waals surface area contributed by atoms with Crippen molar-refractivity contribution in [3.8, 4) is 22.5 Å².